The Morgan fingerprint density at radius 1 is 0.889 bits per heavy atom. The Morgan fingerprint density at radius 2 is 1.53 bits per heavy atom. The van der Waals surface area contributed by atoms with Gasteiger partial charge >= 0.3 is 5.97 Å². The second kappa shape index (κ2) is 10.2. The molecule has 3 aromatic rings. The number of aliphatic hydroxyl groups is 1. The summed E-state index contributed by atoms with van der Waals surface area (Å²) in [4.78, 5) is 39.7. The van der Waals surface area contributed by atoms with Crippen LogP contribution in [0.1, 0.15) is 27.5 Å². The van der Waals surface area contributed by atoms with Crippen LogP contribution in [0.15, 0.2) is 76.8 Å². The zero-order valence-corrected chi connectivity index (χ0v) is 21.2. The molecule has 0 saturated carbocycles. The fraction of sp³-hybridized carbons (Fsp3) is 0.148. The van der Waals surface area contributed by atoms with Crippen LogP contribution in [0.4, 0.5) is 5.69 Å². The van der Waals surface area contributed by atoms with E-state index >= 15 is 0 Å². The molecule has 0 bridgehead atoms. The number of esters is 1. The van der Waals surface area contributed by atoms with E-state index in [2.05, 4.69) is 15.9 Å². The molecule has 1 aliphatic heterocycles. The number of methoxy groups -OCH3 is 3. The highest BCUT2D eigenvalue weighted by atomic mass is 79.9. The van der Waals surface area contributed by atoms with Gasteiger partial charge in [-0.25, -0.2) is 4.79 Å². The molecule has 0 aromatic heterocycles. The van der Waals surface area contributed by atoms with Gasteiger partial charge in [0.2, 0.25) is 0 Å². The molecule has 1 atom stereocenters. The number of rotatable bonds is 6. The average Bonchev–Trinajstić information content (AvgIpc) is 3.17. The third kappa shape index (κ3) is 4.45. The summed E-state index contributed by atoms with van der Waals surface area (Å²) in [5.41, 5.74) is 1.52. The van der Waals surface area contributed by atoms with Gasteiger partial charge in [-0.1, -0.05) is 12.1 Å². The highest BCUT2D eigenvalue weighted by molar-refractivity contribution is 9.10. The summed E-state index contributed by atoms with van der Waals surface area (Å²) < 4.78 is 15.8. The van der Waals surface area contributed by atoms with Crippen LogP contribution in [0.3, 0.4) is 0 Å². The van der Waals surface area contributed by atoms with Crippen molar-refractivity contribution in [3.05, 3.63) is 93.5 Å². The van der Waals surface area contributed by atoms with Crippen LogP contribution < -0.4 is 14.4 Å². The zero-order chi connectivity index (χ0) is 26.0. The number of aliphatic hydroxyl groups excluding tert-OH is 1. The van der Waals surface area contributed by atoms with Crippen molar-refractivity contribution < 1.29 is 33.7 Å². The molecule has 0 radical (unpaired) electrons. The SMILES string of the molecule is COC(=O)c1ccc(N2C(=O)C(=O)/C(=C(\O)c3ccc(OC)c(Br)c3)C2c2ccc(OC)cc2)cc1. The number of halogens is 1. The van der Waals surface area contributed by atoms with Crippen molar-refractivity contribution in [3.8, 4) is 11.5 Å². The van der Waals surface area contributed by atoms with Gasteiger partial charge in [0.25, 0.3) is 11.7 Å². The van der Waals surface area contributed by atoms with Gasteiger partial charge < -0.3 is 19.3 Å². The molecule has 4 rings (SSSR count). The van der Waals surface area contributed by atoms with Crippen LogP contribution in [0.5, 0.6) is 11.5 Å². The third-order valence-corrected chi connectivity index (χ3v) is 6.49. The fourth-order valence-electron chi connectivity index (χ4n) is 4.05. The topological polar surface area (TPSA) is 102 Å². The molecule has 8 nitrogen and oxygen atoms in total. The van der Waals surface area contributed by atoms with Crippen molar-refractivity contribution in [3.63, 3.8) is 0 Å². The maximum atomic E-state index is 13.3. The van der Waals surface area contributed by atoms with Gasteiger partial charge in [0, 0.05) is 11.3 Å². The number of hydrogen-bond donors (Lipinski definition) is 1. The van der Waals surface area contributed by atoms with Crippen LogP contribution in [0.25, 0.3) is 5.76 Å². The van der Waals surface area contributed by atoms with Gasteiger partial charge in [-0.2, -0.15) is 0 Å². The summed E-state index contributed by atoms with van der Waals surface area (Å²) in [6.07, 6.45) is 0. The Hall–Kier alpha value is -4.11. The van der Waals surface area contributed by atoms with E-state index in [0.29, 0.717) is 38.3 Å². The van der Waals surface area contributed by atoms with Crippen LogP contribution in [-0.4, -0.2) is 44.1 Å². The number of anilines is 1. The van der Waals surface area contributed by atoms with Gasteiger partial charge in [-0.3, -0.25) is 14.5 Å². The van der Waals surface area contributed by atoms with Crippen LogP contribution in [0.2, 0.25) is 0 Å². The fourth-order valence-corrected chi connectivity index (χ4v) is 4.59. The Morgan fingerprint density at radius 3 is 2.08 bits per heavy atom. The van der Waals surface area contributed by atoms with Gasteiger partial charge in [-0.15, -0.1) is 0 Å². The predicted molar refractivity (Wildman–Crippen MR) is 136 cm³/mol. The molecule has 9 heteroatoms. The minimum absolute atomic E-state index is 0.0701. The lowest BCUT2D eigenvalue weighted by Crippen LogP contribution is -2.29. The number of Topliss-reactive ketones (excluding diaryl/α,β-unsaturated/α-hetero) is 1. The first-order valence-corrected chi connectivity index (χ1v) is 11.6. The van der Waals surface area contributed by atoms with Gasteiger partial charge in [0.05, 0.1) is 43.0 Å². The molecule has 1 aliphatic rings. The van der Waals surface area contributed by atoms with Crippen LogP contribution >= 0.6 is 15.9 Å². The molecule has 0 aliphatic carbocycles. The monoisotopic (exact) mass is 551 g/mol. The smallest absolute Gasteiger partial charge is 0.337 e. The summed E-state index contributed by atoms with van der Waals surface area (Å²) in [5, 5.41) is 11.3. The molecule has 0 spiro atoms. The summed E-state index contributed by atoms with van der Waals surface area (Å²) in [5.74, 6) is -1.36. The molecule has 184 valence electrons. The highest BCUT2D eigenvalue weighted by Crippen LogP contribution is 2.43. The second-order valence-electron chi connectivity index (χ2n) is 7.83. The van der Waals surface area contributed by atoms with E-state index in [1.165, 1.54) is 38.4 Å². The van der Waals surface area contributed by atoms with Crippen LogP contribution in [0, 0.1) is 0 Å². The molecule has 36 heavy (non-hydrogen) atoms. The standard InChI is InChI=1S/C27H22BrNO7/c1-34-19-11-6-15(7-12-19)23-22(24(30)17-8-13-21(35-2)20(28)14-17)25(31)26(32)29(23)18-9-4-16(5-10-18)27(33)36-3/h4-14,23,30H,1-3H3/b24-22-. The molecular weight excluding hydrogens is 530 g/mol. The van der Waals surface area contributed by atoms with E-state index in [0.717, 1.165) is 0 Å². The Bertz CT molecular complexity index is 1360. The molecule has 1 fully saturated rings. The highest BCUT2D eigenvalue weighted by Gasteiger charge is 2.47. The van der Waals surface area contributed by atoms with E-state index in [9.17, 15) is 19.5 Å². The first-order chi connectivity index (χ1) is 17.3. The number of benzene rings is 3. The summed E-state index contributed by atoms with van der Waals surface area (Å²) in [6, 6.07) is 16.9. The van der Waals surface area contributed by atoms with Crippen molar-refractivity contribution in [2.45, 2.75) is 6.04 Å². The van der Waals surface area contributed by atoms with Gasteiger partial charge in [-0.05, 0) is 76.1 Å². The molecule has 1 heterocycles. The number of carbonyl (C=O) groups excluding carboxylic acids is 3. The van der Waals surface area contributed by atoms with Crippen LogP contribution in [-0.2, 0) is 14.3 Å². The van der Waals surface area contributed by atoms with E-state index in [4.69, 9.17) is 14.2 Å². The lowest BCUT2D eigenvalue weighted by molar-refractivity contribution is -0.132. The normalized spacial score (nSPS) is 16.7. The number of carbonyl (C=O) groups is 3. The van der Waals surface area contributed by atoms with Crippen molar-refractivity contribution >= 4 is 45.0 Å². The first kappa shape index (κ1) is 25.0. The number of nitrogens with zero attached hydrogens (tertiary/aromatic N) is 1. The number of ketones is 1. The third-order valence-electron chi connectivity index (χ3n) is 5.87. The molecule has 3 aromatic carbocycles. The minimum Gasteiger partial charge on any atom is -0.507 e. The van der Waals surface area contributed by atoms with E-state index in [1.54, 1.807) is 54.6 Å². The number of amides is 1. The second-order valence-corrected chi connectivity index (χ2v) is 8.68. The van der Waals surface area contributed by atoms with E-state index < -0.39 is 23.7 Å². The van der Waals surface area contributed by atoms with Gasteiger partial charge in [0.15, 0.2) is 0 Å². The summed E-state index contributed by atoms with van der Waals surface area (Å²) in [7, 11) is 4.32. The lowest BCUT2D eigenvalue weighted by Gasteiger charge is -2.25. The largest absolute Gasteiger partial charge is 0.507 e. The number of hydrogen-bond acceptors (Lipinski definition) is 7. The summed E-state index contributed by atoms with van der Waals surface area (Å²) >= 11 is 3.39. The Balaban J connectivity index is 1.89. The summed E-state index contributed by atoms with van der Waals surface area (Å²) in [6.45, 7) is 0. The van der Waals surface area contributed by atoms with Crippen molar-refractivity contribution in [2.24, 2.45) is 0 Å². The van der Waals surface area contributed by atoms with Crippen molar-refractivity contribution in [1.29, 1.82) is 0 Å². The van der Waals surface area contributed by atoms with E-state index in [-0.39, 0.29) is 11.3 Å². The zero-order valence-electron chi connectivity index (χ0n) is 19.7. The molecule has 1 N–H and O–H groups in total. The minimum atomic E-state index is -0.930. The average molecular weight is 552 g/mol. The molecular formula is C27H22BrNO7. The Kier molecular flexibility index (Phi) is 7.12. The maximum Gasteiger partial charge on any atom is 0.337 e. The van der Waals surface area contributed by atoms with Gasteiger partial charge in [0.1, 0.15) is 17.3 Å². The lowest BCUT2D eigenvalue weighted by atomic mass is 9.95. The Labute approximate surface area is 215 Å². The van der Waals surface area contributed by atoms with Crippen molar-refractivity contribution in [2.75, 3.05) is 26.2 Å². The van der Waals surface area contributed by atoms with E-state index in [1.807, 2.05) is 0 Å². The van der Waals surface area contributed by atoms with Crippen molar-refractivity contribution in [1.82, 2.24) is 0 Å². The molecule has 1 unspecified atom stereocenters. The molecule has 1 amide bonds. The quantitative estimate of drug-likeness (QED) is 0.201. The molecule has 1 saturated heterocycles. The predicted octanol–water partition coefficient (Wildman–Crippen LogP) is 4.88. The maximum absolute atomic E-state index is 13.3. The first-order valence-electron chi connectivity index (χ1n) is 10.8. The number of ether oxygens (including phenoxy) is 3.